The first-order valence-corrected chi connectivity index (χ1v) is 7.88. The molecule has 0 fully saturated rings. The summed E-state index contributed by atoms with van der Waals surface area (Å²) < 4.78 is 53.4. The number of nitrogens with one attached hydrogen (secondary N) is 1. The van der Waals surface area contributed by atoms with Crippen molar-refractivity contribution in [1.29, 1.82) is 0 Å². The Morgan fingerprint density at radius 1 is 1.10 bits per heavy atom. The van der Waals surface area contributed by atoms with Crippen LogP contribution in [0, 0.1) is 11.6 Å². The summed E-state index contributed by atoms with van der Waals surface area (Å²) in [6.45, 7) is 0. The summed E-state index contributed by atoms with van der Waals surface area (Å²) in [5, 5.41) is 0.125. The predicted molar refractivity (Wildman–Crippen MR) is 76.3 cm³/mol. The molecule has 0 spiro atoms. The number of sulfonamides is 1. The van der Waals surface area contributed by atoms with Crippen molar-refractivity contribution in [3.05, 3.63) is 57.5 Å². The average Bonchev–Trinajstić information content (AvgIpc) is 2.35. The lowest BCUT2D eigenvalue weighted by Crippen LogP contribution is -2.15. The van der Waals surface area contributed by atoms with E-state index in [1.807, 2.05) is 0 Å². The van der Waals surface area contributed by atoms with Gasteiger partial charge >= 0.3 is 0 Å². The minimum absolute atomic E-state index is 0.0681. The SMILES string of the molecule is O=S(=O)(Nc1ccc(Br)cc1Cl)c1cc(F)ccc1F. The molecule has 0 aliphatic heterocycles. The summed E-state index contributed by atoms with van der Waals surface area (Å²) in [6, 6.07) is 6.62. The summed E-state index contributed by atoms with van der Waals surface area (Å²) in [4.78, 5) is -0.781. The summed E-state index contributed by atoms with van der Waals surface area (Å²) >= 11 is 9.04. The van der Waals surface area contributed by atoms with Crippen LogP contribution in [0.2, 0.25) is 5.02 Å². The second-order valence-corrected chi connectivity index (χ2v) is 6.78. The van der Waals surface area contributed by atoms with E-state index in [9.17, 15) is 17.2 Å². The average molecular weight is 383 g/mol. The van der Waals surface area contributed by atoms with E-state index in [0.29, 0.717) is 10.5 Å². The highest BCUT2D eigenvalue weighted by atomic mass is 79.9. The maximum absolute atomic E-state index is 13.5. The van der Waals surface area contributed by atoms with Gasteiger partial charge in [-0.15, -0.1) is 0 Å². The van der Waals surface area contributed by atoms with Crippen LogP contribution in [0.5, 0.6) is 0 Å². The molecule has 0 unspecified atom stereocenters. The largest absolute Gasteiger partial charge is 0.278 e. The standard InChI is InChI=1S/C12H7BrClF2NO2S/c13-7-1-4-11(9(14)5-7)17-20(18,19)12-6-8(15)2-3-10(12)16/h1-6,17H. The zero-order valence-electron chi connectivity index (χ0n) is 9.70. The molecule has 0 aliphatic carbocycles. The van der Waals surface area contributed by atoms with E-state index in [0.717, 1.165) is 12.1 Å². The molecule has 0 aromatic heterocycles. The monoisotopic (exact) mass is 381 g/mol. The van der Waals surface area contributed by atoms with Gasteiger partial charge in [-0.1, -0.05) is 27.5 Å². The van der Waals surface area contributed by atoms with Gasteiger partial charge in [-0.25, -0.2) is 17.2 Å². The van der Waals surface area contributed by atoms with Crippen LogP contribution in [0.4, 0.5) is 14.5 Å². The summed E-state index contributed by atoms with van der Waals surface area (Å²) in [5.41, 5.74) is 0.0681. The van der Waals surface area contributed by atoms with Crippen molar-refractivity contribution in [2.75, 3.05) is 4.72 Å². The molecule has 20 heavy (non-hydrogen) atoms. The molecule has 0 radical (unpaired) electrons. The number of anilines is 1. The molecule has 2 aromatic carbocycles. The molecule has 2 aromatic rings. The van der Waals surface area contributed by atoms with Crippen molar-refractivity contribution in [3.8, 4) is 0 Å². The number of benzene rings is 2. The fourth-order valence-electron chi connectivity index (χ4n) is 1.46. The first-order valence-electron chi connectivity index (χ1n) is 5.22. The smallest absolute Gasteiger partial charge is 0.264 e. The van der Waals surface area contributed by atoms with Gasteiger partial charge < -0.3 is 0 Å². The highest BCUT2D eigenvalue weighted by Crippen LogP contribution is 2.28. The number of rotatable bonds is 3. The summed E-state index contributed by atoms with van der Waals surface area (Å²) in [6.07, 6.45) is 0. The Kier molecular flexibility index (Phi) is 4.31. The molecule has 0 heterocycles. The van der Waals surface area contributed by atoms with Crippen molar-refractivity contribution < 1.29 is 17.2 Å². The van der Waals surface area contributed by atoms with Crippen LogP contribution >= 0.6 is 27.5 Å². The third-order valence-corrected chi connectivity index (χ3v) is 4.54. The van der Waals surface area contributed by atoms with E-state index >= 15 is 0 Å². The minimum atomic E-state index is -4.27. The first kappa shape index (κ1) is 15.2. The fraction of sp³-hybridized carbons (Fsp3) is 0. The van der Waals surface area contributed by atoms with Gasteiger partial charge in [0.25, 0.3) is 10.0 Å². The number of halogens is 4. The Morgan fingerprint density at radius 3 is 2.45 bits per heavy atom. The van der Waals surface area contributed by atoms with Crippen molar-refractivity contribution >= 4 is 43.2 Å². The van der Waals surface area contributed by atoms with Crippen LogP contribution in [-0.2, 0) is 10.0 Å². The molecule has 0 saturated carbocycles. The van der Waals surface area contributed by atoms with Gasteiger partial charge in [-0.05, 0) is 36.4 Å². The van der Waals surface area contributed by atoms with Crippen LogP contribution in [0.15, 0.2) is 45.8 Å². The number of hydrogen-bond donors (Lipinski definition) is 1. The van der Waals surface area contributed by atoms with E-state index in [1.54, 1.807) is 6.07 Å². The van der Waals surface area contributed by atoms with Crippen LogP contribution < -0.4 is 4.72 Å². The Hall–Kier alpha value is -1.18. The summed E-state index contributed by atoms with van der Waals surface area (Å²) in [5.74, 6) is -1.90. The quantitative estimate of drug-likeness (QED) is 0.865. The van der Waals surface area contributed by atoms with Crippen molar-refractivity contribution in [2.24, 2.45) is 0 Å². The molecule has 0 saturated heterocycles. The van der Waals surface area contributed by atoms with E-state index < -0.39 is 26.6 Å². The Labute approximate surface area is 127 Å². The highest BCUT2D eigenvalue weighted by Gasteiger charge is 2.21. The minimum Gasteiger partial charge on any atom is -0.278 e. The maximum atomic E-state index is 13.5. The van der Waals surface area contributed by atoms with E-state index in [2.05, 4.69) is 20.7 Å². The van der Waals surface area contributed by atoms with Gasteiger partial charge in [0.05, 0.1) is 10.7 Å². The highest BCUT2D eigenvalue weighted by molar-refractivity contribution is 9.10. The Morgan fingerprint density at radius 2 is 1.80 bits per heavy atom. The lowest BCUT2D eigenvalue weighted by atomic mass is 10.3. The molecule has 2 rings (SSSR count). The molecular weight excluding hydrogens is 376 g/mol. The third kappa shape index (κ3) is 3.28. The second-order valence-electron chi connectivity index (χ2n) is 3.80. The predicted octanol–water partition coefficient (Wildman–Crippen LogP) is 4.18. The van der Waals surface area contributed by atoms with Gasteiger partial charge in [-0.3, -0.25) is 4.72 Å². The second kappa shape index (κ2) is 5.67. The zero-order chi connectivity index (χ0) is 14.9. The normalized spacial score (nSPS) is 11.4. The van der Waals surface area contributed by atoms with E-state index in [4.69, 9.17) is 11.6 Å². The molecule has 0 amide bonds. The fourth-order valence-corrected chi connectivity index (χ4v) is 3.40. The van der Waals surface area contributed by atoms with Crippen LogP contribution in [0.25, 0.3) is 0 Å². The van der Waals surface area contributed by atoms with Gasteiger partial charge in [0.2, 0.25) is 0 Å². The van der Waals surface area contributed by atoms with Crippen LogP contribution in [-0.4, -0.2) is 8.42 Å². The molecule has 1 N–H and O–H groups in total. The van der Waals surface area contributed by atoms with Gasteiger partial charge in [0, 0.05) is 4.47 Å². The van der Waals surface area contributed by atoms with E-state index in [1.165, 1.54) is 12.1 Å². The molecule has 106 valence electrons. The van der Waals surface area contributed by atoms with Crippen molar-refractivity contribution in [2.45, 2.75) is 4.90 Å². The van der Waals surface area contributed by atoms with Gasteiger partial charge in [0.1, 0.15) is 16.5 Å². The maximum Gasteiger partial charge on any atom is 0.264 e. The Bertz CT molecular complexity index is 768. The summed E-state index contributed by atoms with van der Waals surface area (Å²) in [7, 11) is -4.27. The van der Waals surface area contributed by atoms with Crippen molar-refractivity contribution in [3.63, 3.8) is 0 Å². The van der Waals surface area contributed by atoms with Crippen LogP contribution in [0.1, 0.15) is 0 Å². The lowest BCUT2D eigenvalue weighted by Gasteiger charge is -2.10. The molecular formula is C12H7BrClF2NO2S. The molecule has 8 heteroatoms. The third-order valence-electron chi connectivity index (χ3n) is 2.36. The molecule has 0 bridgehead atoms. The number of hydrogen-bond acceptors (Lipinski definition) is 2. The Balaban J connectivity index is 2.43. The molecule has 3 nitrogen and oxygen atoms in total. The van der Waals surface area contributed by atoms with Gasteiger partial charge in [-0.2, -0.15) is 0 Å². The first-order chi connectivity index (χ1) is 9.29. The molecule has 0 aliphatic rings. The lowest BCUT2D eigenvalue weighted by molar-refractivity contribution is 0.555. The zero-order valence-corrected chi connectivity index (χ0v) is 12.9. The van der Waals surface area contributed by atoms with Crippen LogP contribution in [0.3, 0.4) is 0 Å². The van der Waals surface area contributed by atoms with Crippen molar-refractivity contribution in [1.82, 2.24) is 0 Å². The topological polar surface area (TPSA) is 46.2 Å². The van der Waals surface area contributed by atoms with E-state index in [-0.39, 0.29) is 10.7 Å². The molecule has 0 atom stereocenters. The van der Waals surface area contributed by atoms with Gasteiger partial charge in [0.15, 0.2) is 0 Å².